The van der Waals surface area contributed by atoms with E-state index in [0.717, 1.165) is 13.0 Å². The van der Waals surface area contributed by atoms with Gasteiger partial charge in [0, 0.05) is 13.1 Å². The molecule has 1 aliphatic heterocycles. The van der Waals surface area contributed by atoms with Crippen molar-refractivity contribution in [3.05, 3.63) is 42.3 Å². The third kappa shape index (κ3) is 2.18. The van der Waals surface area contributed by atoms with Crippen LogP contribution in [0.5, 0.6) is 0 Å². The molecule has 0 unspecified atom stereocenters. The van der Waals surface area contributed by atoms with Crippen LogP contribution < -0.4 is 0 Å². The average Bonchev–Trinajstić information content (AvgIpc) is 2.82. The summed E-state index contributed by atoms with van der Waals surface area (Å²) in [6.07, 6.45) is 1.96. The van der Waals surface area contributed by atoms with Crippen LogP contribution in [0.25, 0.3) is 0 Å². The standard InChI is InChI=1S/C12H14NO2/c14-11(10-6-2-1-3-7-10)12(15)13-8-4-5-9-13/h1-4,6-7,11,14H,5,8-9H2/t11-/m0/s1. The first-order valence-corrected chi connectivity index (χ1v) is 5.12. The second-order valence-electron chi connectivity index (χ2n) is 3.67. The molecule has 3 heteroatoms. The van der Waals surface area contributed by atoms with E-state index in [2.05, 4.69) is 6.42 Å². The van der Waals surface area contributed by atoms with Crippen LogP contribution in [0.2, 0.25) is 0 Å². The molecular formula is C12H14NO2. The third-order valence-corrected chi connectivity index (χ3v) is 2.61. The van der Waals surface area contributed by atoms with E-state index in [0.29, 0.717) is 12.1 Å². The summed E-state index contributed by atoms with van der Waals surface area (Å²) in [5.41, 5.74) is 0.661. The molecule has 0 spiro atoms. The van der Waals surface area contributed by atoms with Crippen LogP contribution in [0.3, 0.4) is 0 Å². The fourth-order valence-corrected chi connectivity index (χ4v) is 1.74. The van der Waals surface area contributed by atoms with Crippen molar-refractivity contribution in [2.45, 2.75) is 12.5 Å². The second-order valence-corrected chi connectivity index (χ2v) is 3.67. The van der Waals surface area contributed by atoms with Crippen molar-refractivity contribution in [2.24, 2.45) is 0 Å². The molecule has 15 heavy (non-hydrogen) atoms. The minimum absolute atomic E-state index is 0.199. The predicted molar refractivity (Wildman–Crippen MR) is 56.9 cm³/mol. The minimum Gasteiger partial charge on any atom is -0.378 e. The van der Waals surface area contributed by atoms with Gasteiger partial charge in [-0.1, -0.05) is 30.3 Å². The molecule has 0 saturated carbocycles. The molecule has 0 aliphatic carbocycles. The molecule has 1 atom stereocenters. The molecule has 1 heterocycles. The summed E-state index contributed by atoms with van der Waals surface area (Å²) < 4.78 is 0. The van der Waals surface area contributed by atoms with Crippen LogP contribution in [0.1, 0.15) is 18.1 Å². The summed E-state index contributed by atoms with van der Waals surface area (Å²) in [7, 11) is 0. The average molecular weight is 204 g/mol. The molecule has 3 nitrogen and oxygen atoms in total. The Hall–Kier alpha value is -1.35. The summed E-state index contributed by atoms with van der Waals surface area (Å²) in [4.78, 5) is 13.5. The summed E-state index contributed by atoms with van der Waals surface area (Å²) in [6.45, 7) is 1.38. The van der Waals surface area contributed by atoms with E-state index in [1.54, 1.807) is 17.0 Å². The number of aliphatic hydroxyl groups excluding tert-OH is 1. The highest BCUT2D eigenvalue weighted by Gasteiger charge is 2.25. The fraction of sp³-hybridized carbons (Fsp3) is 0.333. The van der Waals surface area contributed by atoms with Gasteiger partial charge in [0.2, 0.25) is 0 Å². The van der Waals surface area contributed by atoms with Crippen LogP contribution in [-0.2, 0) is 4.79 Å². The number of benzene rings is 1. The van der Waals surface area contributed by atoms with Crippen molar-refractivity contribution >= 4 is 5.91 Å². The predicted octanol–water partition coefficient (Wildman–Crippen LogP) is 1.16. The van der Waals surface area contributed by atoms with Gasteiger partial charge in [-0.15, -0.1) is 0 Å². The Labute approximate surface area is 89.3 Å². The van der Waals surface area contributed by atoms with Gasteiger partial charge < -0.3 is 10.0 Å². The van der Waals surface area contributed by atoms with E-state index in [1.807, 2.05) is 18.2 Å². The number of amides is 1. The lowest BCUT2D eigenvalue weighted by Crippen LogP contribution is -2.32. The van der Waals surface area contributed by atoms with Gasteiger partial charge >= 0.3 is 0 Å². The molecule has 79 valence electrons. The van der Waals surface area contributed by atoms with Crippen LogP contribution in [0.4, 0.5) is 0 Å². The monoisotopic (exact) mass is 204 g/mol. The maximum Gasteiger partial charge on any atom is 0.256 e. The smallest absolute Gasteiger partial charge is 0.256 e. The number of rotatable bonds is 2. The van der Waals surface area contributed by atoms with E-state index in [1.165, 1.54) is 0 Å². The number of hydrogen-bond donors (Lipinski definition) is 1. The van der Waals surface area contributed by atoms with Gasteiger partial charge in [-0.3, -0.25) is 4.79 Å². The molecule has 1 radical (unpaired) electrons. The van der Waals surface area contributed by atoms with Crippen molar-refractivity contribution in [1.29, 1.82) is 0 Å². The van der Waals surface area contributed by atoms with Crippen LogP contribution in [0.15, 0.2) is 30.3 Å². The minimum atomic E-state index is -1.02. The number of aliphatic hydroxyl groups is 1. The van der Waals surface area contributed by atoms with Gasteiger partial charge in [-0.25, -0.2) is 0 Å². The number of hydrogen-bond acceptors (Lipinski definition) is 2. The highest BCUT2D eigenvalue weighted by Crippen LogP contribution is 2.18. The fourth-order valence-electron chi connectivity index (χ4n) is 1.74. The third-order valence-electron chi connectivity index (χ3n) is 2.61. The van der Waals surface area contributed by atoms with Crippen molar-refractivity contribution in [1.82, 2.24) is 4.90 Å². The van der Waals surface area contributed by atoms with Crippen molar-refractivity contribution in [2.75, 3.05) is 13.1 Å². The zero-order valence-corrected chi connectivity index (χ0v) is 8.47. The van der Waals surface area contributed by atoms with Crippen LogP contribution in [0, 0.1) is 6.42 Å². The Kier molecular flexibility index (Phi) is 3.02. The summed E-state index contributed by atoms with van der Waals surface area (Å²) in [6, 6.07) is 9.04. The van der Waals surface area contributed by atoms with Gasteiger partial charge in [-0.2, -0.15) is 0 Å². The maximum atomic E-state index is 11.8. The van der Waals surface area contributed by atoms with E-state index in [4.69, 9.17) is 0 Å². The number of carbonyl (C=O) groups is 1. The lowest BCUT2D eigenvalue weighted by atomic mass is 10.1. The SMILES string of the molecule is O=C([C@@H](O)c1ccccc1)N1C[CH]CC1. The van der Waals surface area contributed by atoms with Gasteiger partial charge in [-0.05, 0) is 18.4 Å². The molecule has 1 aromatic rings. The van der Waals surface area contributed by atoms with Crippen molar-refractivity contribution in [3.8, 4) is 0 Å². The van der Waals surface area contributed by atoms with Gasteiger partial charge in [0.15, 0.2) is 6.10 Å². The number of carbonyl (C=O) groups excluding carboxylic acids is 1. The van der Waals surface area contributed by atoms with Crippen molar-refractivity contribution in [3.63, 3.8) is 0 Å². The normalized spacial score (nSPS) is 17.8. The molecule has 1 fully saturated rings. The van der Waals surface area contributed by atoms with Crippen molar-refractivity contribution < 1.29 is 9.90 Å². The summed E-state index contributed by atoms with van der Waals surface area (Å²) in [5.74, 6) is -0.199. The van der Waals surface area contributed by atoms with E-state index in [-0.39, 0.29) is 5.91 Å². The van der Waals surface area contributed by atoms with E-state index < -0.39 is 6.10 Å². The lowest BCUT2D eigenvalue weighted by Gasteiger charge is -2.19. The largest absolute Gasteiger partial charge is 0.378 e. The summed E-state index contributed by atoms with van der Waals surface area (Å²) >= 11 is 0. The number of likely N-dealkylation sites (tertiary alicyclic amines) is 1. The zero-order chi connectivity index (χ0) is 10.7. The highest BCUT2D eigenvalue weighted by atomic mass is 16.3. The first-order chi connectivity index (χ1) is 7.29. The summed E-state index contributed by atoms with van der Waals surface area (Å²) in [5, 5.41) is 9.84. The first-order valence-electron chi connectivity index (χ1n) is 5.12. The first kappa shape index (κ1) is 10.2. The molecule has 0 aromatic heterocycles. The Morgan fingerprint density at radius 1 is 1.33 bits per heavy atom. The Bertz CT molecular complexity index is 331. The number of nitrogens with zero attached hydrogens (tertiary/aromatic N) is 1. The molecule has 1 saturated heterocycles. The quantitative estimate of drug-likeness (QED) is 0.785. The molecule has 0 bridgehead atoms. The topological polar surface area (TPSA) is 40.5 Å². The van der Waals surface area contributed by atoms with E-state index >= 15 is 0 Å². The van der Waals surface area contributed by atoms with Gasteiger partial charge in [0.1, 0.15) is 0 Å². The molecule has 2 rings (SSSR count). The maximum absolute atomic E-state index is 11.8. The second kappa shape index (κ2) is 4.45. The van der Waals surface area contributed by atoms with Gasteiger partial charge in [0.25, 0.3) is 5.91 Å². The molecule has 1 N–H and O–H groups in total. The molecule has 1 amide bonds. The Balaban J connectivity index is 2.07. The highest BCUT2D eigenvalue weighted by molar-refractivity contribution is 5.82. The Morgan fingerprint density at radius 3 is 2.67 bits per heavy atom. The molecular weight excluding hydrogens is 190 g/mol. The van der Waals surface area contributed by atoms with Crippen LogP contribution in [-0.4, -0.2) is 29.0 Å². The Morgan fingerprint density at radius 2 is 2.07 bits per heavy atom. The zero-order valence-electron chi connectivity index (χ0n) is 8.47. The van der Waals surface area contributed by atoms with E-state index in [9.17, 15) is 9.90 Å². The lowest BCUT2D eigenvalue weighted by molar-refractivity contribution is -0.139. The van der Waals surface area contributed by atoms with Gasteiger partial charge in [0.05, 0.1) is 0 Å². The molecule has 1 aromatic carbocycles. The molecule has 1 aliphatic rings. The van der Waals surface area contributed by atoms with Crippen LogP contribution >= 0.6 is 0 Å².